The quantitative estimate of drug-likeness (QED) is 0.713. The van der Waals surface area contributed by atoms with Gasteiger partial charge in [0.2, 0.25) is 0 Å². The highest BCUT2D eigenvalue weighted by atomic mass is 16.5. The lowest BCUT2D eigenvalue weighted by molar-refractivity contribution is 0.171. The van der Waals surface area contributed by atoms with Gasteiger partial charge in [-0.05, 0) is 11.1 Å². The van der Waals surface area contributed by atoms with E-state index in [0.29, 0.717) is 6.04 Å². The van der Waals surface area contributed by atoms with E-state index in [1.54, 1.807) is 7.11 Å². The van der Waals surface area contributed by atoms with Gasteiger partial charge in [-0.15, -0.1) is 0 Å². The van der Waals surface area contributed by atoms with E-state index in [-0.39, 0.29) is 0 Å². The van der Waals surface area contributed by atoms with Crippen molar-refractivity contribution < 1.29 is 4.74 Å². The highest BCUT2D eigenvalue weighted by Gasteiger charge is 2.20. The predicted molar refractivity (Wildman–Crippen MR) is 47.9 cm³/mol. The van der Waals surface area contributed by atoms with E-state index < -0.39 is 0 Å². The first-order chi connectivity index (χ1) is 5.92. The summed E-state index contributed by atoms with van der Waals surface area (Å²) in [6.45, 7) is 1.74. The van der Waals surface area contributed by atoms with Crippen LogP contribution in [-0.2, 0) is 11.3 Å². The Morgan fingerprint density at radius 3 is 3.17 bits per heavy atom. The van der Waals surface area contributed by atoms with Crippen molar-refractivity contribution in [3.8, 4) is 0 Å². The van der Waals surface area contributed by atoms with Crippen LogP contribution < -0.4 is 5.32 Å². The number of rotatable bonds is 2. The van der Waals surface area contributed by atoms with Crippen LogP contribution in [-0.4, -0.2) is 13.7 Å². The summed E-state index contributed by atoms with van der Waals surface area (Å²) in [5, 5.41) is 3.40. The fraction of sp³-hybridized carbons (Fsp3) is 0.400. The molecule has 1 atom stereocenters. The molecule has 1 heterocycles. The Bertz CT molecular complexity index is 270. The molecule has 1 aliphatic rings. The third kappa shape index (κ3) is 1.24. The summed E-state index contributed by atoms with van der Waals surface area (Å²) in [6.07, 6.45) is 0. The zero-order chi connectivity index (χ0) is 8.39. The van der Waals surface area contributed by atoms with Crippen LogP contribution in [0.5, 0.6) is 0 Å². The molecule has 0 aliphatic carbocycles. The summed E-state index contributed by atoms with van der Waals surface area (Å²) < 4.78 is 5.12. The first kappa shape index (κ1) is 7.77. The molecule has 0 fully saturated rings. The zero-order valence-electron chi connectivity index (χ0n) is 7.21. The summed E-state index contributed by atoms with van der Waals surface area (Å²) in [6, 6.07) is 8.88. The van der Waals surface area contributed by atoms with Gasteiger partial charge < -0.3 is 10.1 Å². The number of nitrogens with one attached hydrogen (secondary N) is 1. The average molecular weight is 163 g/mol. The SMILES string of the molecule is COCC1NCc2ccccc21. The second-order valence-electron chi connectivity index (χ2n) is 3.09. The van der Waals surface area contributed by atoms with Gasteiger partial charge in [-0.2, -0.15) is 0 Å². The van der Waals surface area contributed by atoms with Gasteiger partial charge in [0.25, 0.3) is 0 Å². The van der Waals surface area contributed by atoms with Crippen molar-refractivity contribution in [3.05, 3.63) is 35.4 Å². The van der Waals surface area contributed by atoms with Gasteiger partial charge in [-0.1, -0.05) is 24.3 Å². The molecule has 12 heavy (non-hydrogen) atoms. The second kappa shape index (κ2) is 3.25. The minimum atomic E-state index is 0.395. The molecule has 0 radical (unpaired) electrons. The molecule has 0 aromatic heterocycles. The van der Waals surface area contributed by atoms with E-state index in [0.717, 1.165) is 13.2 Å². The number of hydrogen-bond donors (Lipinski definition) is 1. The molecule has 0 amide bonds. The van der Waals surface area contributed by atoms with Gasteiger partial charge in [0.15, 0.2) is 0 Å². The van der Waals surface area contributed by atoms with Crippen LogP contribution in [0.1, 0.15) is 17.2 Å². The topological polar surface area (TPSA) is 21.3 Å². The minimum absolute atomic E-state index is 0.395. The maximum Gasteiger partial charge on any atom is 0.0657 e. The van der Waals surface area contributed by atoms with Gasteiger partial charge in [-0.25, -0.2) is 0 Å². The van der Waals surface area contributed by atoms with Crippen molar-refractivity contribution in [1.82, 2.24) is 5.32 Å². The molecule has 2 heteroatoms. The Morgan fingerprint density at radius 2 is 2.33 bits per heavy atom. The molecule has 2 rings (SSSR count). The maximum atomic E-state index is 5.12. The van der Waals surface area contributed by atoms with Crippen LogP contribution >= 0.6 is 0 Å². The lowest BCUT2D eigenvalue weighted by atomic mass is 10.1. The summed E-state index contributed by atoms with van der Waals surface area (Å²) >= 11 is 0. The van der Waals surface area contributed by atoms with Crippen molar-refractivity contribution in [3.63, 3.8) is 0 Å². The van der Waals surface area contributed by atoms with Crippen LogP contribution in [0, 0.1) is 0 Å². The molecule has 0 spiro atoms. The summed E-state index contributed by atoms with van der Waals surface area (Å²) in [5.41, 5.74) is 2.79. The standard InChI is InChI=1S/C10H13NO/c1-12-7-10-9-5-3-2-4-8(9)6-11-10/h2-5,10-11H,6-7H2,1H3. The fourth-order valence-electron chi connectivity index (χ4n) is 1.69. The normalized spacial score (nSPS) is 20.9. The lowest BCUT2D eigenvalue weighted by Gasteiger charge is -2.09. The van der Waals surface area contributed by atoms with Crippen LogP contribution in [0.15, 0.2) is 24.3 Å². The molecule has 1 aliphatic heterocycles. The van der Waals surface area contributed by atoms with Crippen molar-refractivity contribution in [1.29, 1.82) is 0 Å². The smallest absolute Gasteiger partial charge is 0.0657 e. The second-order valence-corrected chi connectivity index (χ2v) is 3.09. The molecule has 1 unspecified atom stereocenters. The van der Waals surface area contributed by atoms with Gasteiger partial charge in [0.1, 0.15) is 0 Å². The van der Waals surface area contributed by atoms with E-state index in [1.807, 2.05) is 0 Å². The van der Waals surface area contributed by atoms with Crippen LogP contribution in [0.3, 0.4) is 0 Å². The van der Waals surface area contributed by atoms with E-state index in [2.05, 4.69) is 29.6 Å². The maximum absolute atomic E-state index is 5.12. The number of ether oxygens (including phenoxy) is 1. The van der Waals surface area contributed by atoms with E-state index in [1.165, 1.54) is 11.1 Å². The number of hydrogen-bond acceptors (Lipinski definition) is 2. The predicted octanol–water partition coefficient (Wildman–Crippen LogP) is 1.48. The summed E-state index contributed by atoms with van der Waals surface area (Å²) in [5.74, 6) is 0. The highest BCUT2D eigenvalue weighted by Crippen LogP contribution is 2.24. The van der Waals surface area contributed by atoms with Crippen LogP contribution in [0.2, 0.25) is 0 Å². The first-order valence-corrected chi connectivity index (χ1v) is 4.22. The third-order valence-electron chi connectivity index (χ3n) is 2.30. The molecule has 0 bridgehead atoms. The Morgan fingerprint density at radius 1 is 1.50 bits per heavy atom. The lowest BCUT2D eigenvalue weighted by Crippen LogP contribution is -2.16. The van der Waals surface area contributed by atoms with Gasteiger partial charge in [0, 0.05) is 13.7 Å². The Hall–Kier alpha value is -0.860. The molecule has 0 saturated heterocycles. The average Bonchev–Trinajstić information content (AvgIpc) is 2.50. The van der Waals surface area contributed by atoms with E-state index >= 15 is 0 Å². The Labute approximate surface area is 72.5 Å². The third-order valence-corrected chi connectivity index (χ3v) is 2.30. The Balaban J connectivity index is 2.24. The molecule has 1 N–H and O–H groups in total. The Kier molecular flexibility index (Phi) is 2.11. The number of benzene rings is 1. The largest absolute Gasteiger partial charge is 0.383 e. The molecule has 1 aromatic rings. The van der Waals surface area contributed by atoms with E-state index in [4.69, 9.17) is 4.74 Å². The number of fused-ring (bicyclic) bond motifs is 1. The fourth-order valence-corrected chi connectivity index (χ4v) is 1.69. The van der Waals surface area contributed by atoms with Gasteiger partial charge >= 0.3 is 0 Å². The first-order valence-electron chi connectivity index (χ1n) is 4.22. The van der Waals surface area contributed by atoms with Crippen LogP contribution in [0.25, 0.3) is 0 Å². The van der Waals surface area contributed by atoms with E-state index in [9.17, 15) is 0 Å². The molecule has 0 saturated carbocycles. The highest BCUT2D eigenvalue weighted by molar-refractivity contribution is 5.33. The number of methoxy groups -OCH3 is 1. The van der Waals surface area contributed by atoms with Crippen molar-refractivity contribution in [2.75, 3.05) is 13.7 Å². The van der Waals surface area contributed by atoms with Gasteiger partial charge in [-0.3, -0.25) is 0 Å². The molecule has 64 valence electrons. The van der Waals surface area contributed by atoms with Crippen molar-refractivity contribution in [2.24, 2.45) is 0 Å². The summed E-state index contributed by atoms with van der Waals surface area (Å²) in [7, 11) is 1.74. The van der Waals surface area contributed by atoms with Crippen molar-refractivity contribution in [2.45, 2.75) is 12.6 Å². The molecule has 2 nitrogen and oxygen atoms in total. The molecular weight excluding hydrogens is 150 g/mol. The monoisotopic (exact) mass is 163 g/mol. The van der Waals surface area contributed by atoms with Crippen LogP contribution in [0.4, 0.5) is 0 Å². The minimum Gasteiger partial charge on any atom is -0.383 e. The zero-order valence-corrected chi connectivity index (χ0v) is 7.21. The van der Waals surface area contributed by atoms with Crippen molar-refractivity contribution >= 4 is 0 Å². The summed E-state index contributed by atoms with van der Waals surface area (Å²) in [4.78, 5) is 0. The molecular formula is C10H13NO. The van der Waals surface area contributed by atoms with Gasteiger partial charge in [0.05, 0.1) is 12.6 Å². The molecule has 1 aromatic carbocycles.